The van der Waals surface area contributed by atoms with Gasteiger partial charge < -0.3 is 0 Å². The van der Waals surface area contributed by atoms with Crippen molar-refractivity contribution in [1.82, 2.24) is 0 Å². The molecule has 0 aliphatic rings. The average Bonchev–Trinajstić information content (AvgIpc) is 2.92. The Morgan fingerprint density at radius 2 is 0.459 bits per heavy atom. The van der Waals surface area contributed by atoms with Crippen LogP contribution in [-0.2, 0) is 40.0 Å². The molecule has 4 atom stereocenters. The molecule has 188 valence electrons. The van der Waals surface area contributed by atoms with Crippen LogP contribution in [0.5, 0.6) is 0 Å². The van der Waals surface area contributed by atoms with Gasteiger partial charge >= 0.3 is 32.1 Å². The normalized spacial score (nSPS) is 10.7. The Balaban J connectivity index is 0.000000463. The molecule has 37 heavy (non-hydrogen) atoms. The van der Waals surface area contributed by atoms with Gasteiger partial charge in [0.25, 0.3) is 0 Å². The van der Waals surface area contributed by atoms with E-state index in [9.17, 15) is 18.3 Å². The maximum Gasteiger partial charge on any atom is 0.546 e. The Bertz CT molecular complexity index is 1030. The molecule has 4 aromatic rings. The Morgan fingerprint density at radius 1 is 0.324 bits per heavy atom. The Hall–Kier alpha value is -2.17. The van der Waals surface area contributed by atoms with Gasteiger partial charge in [-0.3, -0.25) is 0 Å². The molecule has 13 heteroatoms. The molecule has 0 heterocycles. The summed E-state index contributed by atoms with van der Waals surface area (Å²) >= 11 is 0. The maximum absolute atomic E-state index is 10.3. The van der Waals surface area contributed by atoms with Crippen LogP contribution >= 0.6 is 32.1 Å². The molecule has 4 N–H and O–H groups in total. The first-order valence-corrected chi connectivity index (χ1v) is 14.9. The summed E-state index contributed by atoms with van der Waals surface area (Å²) < 4.78 is 41.4. The van der Waals surface area contributed by atoms with Crippen LogP contribution < -0.4 is 21.2 Å². The fourth-order valence-electron chi connectivity index (χ4n) is 2.22. The molecule has 0 aliphatic heterocycles. The Kier molecular flexibility index (Phi) is 19.6. The van der Waals surface area contributed by atoms with Gasteiger partial charge in [0.05, 0.1) is 0 Å². The first-order chi connectivity index (χ1) is 17.2. The van der Waals surface area contributed by atoms with Crippen molar-refractivity contribution in [2.24, 2.45) is 0 Å². The summed E-state index contributed by atoms with van der Waals surface area (Å²) in [6.07, 6.45) is 0. The molecule has 0 amide bonds. The van der Waals surface area contributed by atoms with Crippen LogP contribution in [0, 0.1) is 0 Å². The van der Waals surface area contributed by atoms with Crippen molar-refractivity contribution in [3.05, 3.63) is 121 Å². The fraction of sp³-hybridized carbons (Fsp3) is 0. The van der Waals surface area contributed by atoms with Crippen LogP contribution in [0.15, 0.2) is 121 Å². The molecule has 0 radical (unpaired) electrons. The summed E-state index contributed by atoms with van der Waals surface area (Å²) in [7, 11) is -8.58. The van der Waals surface area contributed by atoms with E-state index in [1.54, 1.807) is 97.1 Å². The van der Waals surface area contributed by atoms with Crippen LogP contribution in [0.3, 0.4) is 0 Å². The third-order valence-corrected chi connectivity index (χ3v) is 6.87. The van der Waals surface area contributed by atoms with E-state index < -0.39 is 32.1 Å². The second-order valence-electron chi connectivity index (χ2n) is 6.43. The molecule has 0 saturated heterocycles. The van der Waals surface area contributed by atoms with Gasteiger partial charge in [-0.15, -0.1) is 0 Å². The van der Waals surface area contributed by atoms with Gasteiger partial charge in [0.2, 0.25) is 21.2 Å². The van der Waals surface area contributed by atoms with Gasteiger partial charge in [-0.2, -0.15) is 19.6 Å². The number of rotatable bonds is 4. The molecule has 0 spiro atoms. The average molecular weight is 612 g/mol. The SMILES string of the molecule is O=[P+](O)c1ccccc1.O=[P+](O)c1ccccc1.O=[P+](O)c1ccccc1.O=[P+](O)c1ccccc1.[Ti]. The summed E-state index contributed by atoms with van der Waals surface area (Å²) in [4.78, 5) is 34.1. The first-order valence-electron chi connectivity index (χ1n) is 10.1. The van der Waals surface area contributed by atoms with Crippen LogP contribution in [-0.4, -0.2) is 19.6 Å². The molecular weight excluding hydrogens is 588 g/mol. The number of hydrogen-bond donors (Lipinski definition) is 4. The zero-order valence-corrected chi connectivity index (χ0v) is 24.4. The largest absolute Gasteiger partial charge is 0.546 e. The molecule has 0 fully saturated rings. The summed E-state index contributed by atoms with van der Waals surface area (Å²) in [6.45, 7) is 0. The predicted molar refractivity (Wildman–Crippen MR) is 144 cm³/mol. The van der Waals surface area contributed by atoms with Crippen LogP contribution in [0.1, 0.15) is 0 Å². The zero-order valence-electron chi connectivity index (χ0n) is 19.3. The molecule has 0 aliphatic carbocycles. The van der Waals surface area contributed by atoms with Crippen molar-refractivity contribution >= 4 is 53.3 Å². The third kappa shape index (κ3) is 16.3. The second-order valence-corrected chi connectivity index (χ2v) is 10.7. The summed E-state index contributed by atoms with van der Waals surface area (Å²) in [5.41, 5.74) is 0. The fourth-order valence-corrected chi connectivity index (χ4v) is 3.93. The van der Waals surface area contributed by atoms with Crippen molar-refractivity contribution in [3.8, 4) is 0 Å². The molecule has 0 saturated carbocycles. The van der Waals surface area contributed by atoms with Gasteiger partial charge in [-0.25, -0.2) is 0 Å². The monoisotopic (exact) mass is 612 g/mol. The minimum atomic E-state index is -2.15. The van der Waals surface area contributed by atoms with E-state index in [0.717, 1.165) is 0 Å². The number of hydrogen-bond acceptors (Lipinski definition) is 4. The molecular formula is C24H24O8P4Ti+4. The summed E-state index contributed by atoms with van der Waals surface area (Å²) in [5.74, 6) is 0. The summed E-state index contributed by atoms with van der Waals surface area (Å²) in [5, 5.41) is 1.92. The van der Waals surface area contributed by atoms with Gasteiger partial charge in [-0.1, -0.05) is 72.8 Å². The predicted octanol–water partition coefficient (Wildman–Crippen LogP) is 4.18. The Labute approximate surface area is 233 Å². The van der Waals surface area contributed by atoms with Gasteiger partial charge in [0.15, 0.2) is 0 Å². The molecule has 0 aromatic heterocycles. The van der Waals surface area contributed by atoms with E-state index in [2.05, 4.69) is 0 Å². The number of benzene rings is 4. The van der Waals surface area contributed by atoms with Crippen molar-refractivity contribution in [3.63, 3.8) is 0 Å². The third-order valence-electron chi connectivity index (χ3n) is 3.91. The minimum absolute atomic E-state index is 0. The second kappa shape index (κ2) is 20.8. The molecule has 4 unspecified atom stereocenters. The van der Waals surface area contributed by atoms with Gasteiger partial charge in [-0.05, 0) is 66.8 Å². The van der Waals surface area contributed by atoms with Gasteiger partial charge in [0.1, 0.15) is 0 Å². The van der Waals surface area contributed by atoms with E-state index in [-0.39, 0.29) is 21.7 Å². The van der Waals surface area contributed by atoms with E-state index in [4.69, 9.17) is 19.6 Å². The molecule has 8 nitrogen and oxygen atoms in total. The van der Waals surface area contributed by atoms with E-state index >= 15 is 0 Å². The van der Waals surface area contributed by atoms with Crippen LogP contribution in [0.25, 0.3) is 0 Å². The van der Waals surface area contributed by atoms with E-state index in [1.807, 2.05) is 24.3 Å². The first kappa shape index (κ1) is 34.8. The zero-order chi connectivity index (χ0) is 26.8. The quantitative estimate of drug-likeness (QED) is 0.198. The van der Waals surface area contributed by atoms with Crippen molar-refractivity contribution < 1.29 is 59.6 Å². The van der Waals surface area contributed by atoms with Crippen molar-refractivity contribution in [2.75, 3.05) is 0 Å². The smallest absolute Gasteiger partial charge is 0.156 e. The molecule has 4 aromatic carbocycles. The Morgan fingerprint density at radius 3 is 0.541 bits per heavy atom. The van der Waals surface area contributed by atoms with E-state index in [1.165, 1.54) is 0 Å². The van der Waals surface area contributed by atoms with Crippen molar-refractivity contribution in [1.29, 1.82) is 0 Å². The maximum atomic E-state index is 10.3. The standard InChI is InChI=1S/4C6H5O2P.Ti/c4*7-9(8)6-4-2-1-3-5-6;/h4*1-5H;/p+4. The molecule has 0 bridgehead atoms. The summed E-state index contributed by atoms with van der Waals surface area (Å²) in [6, 6.07) is 34.1. The van der Waals surface area contributed by atoms with Crippen LogP contribution in [0.2, 0.25) is 0 Å². The minimum Gasteiger partial charge on any atom is -0.156 e. The van der Waals surface area contributed by atoms with E-state index in [0.29, 0.717) is 21.2 Å². The van der Waals surface area contributed by atoms with Crippen LogP contribution in [0.4, 0.5) is 0 Å². The van der Waals surface area contributed by atoms with Crippen molar-refractivity contribution in [2.45, 2.75) is 0 Å². The van der Waals surface area contributed by atoms with Gasteiger partial charge in [0, 0.05) is 21.7 Å². The molecule has 4 rings (SSSR count). The topological polar surface area (TPSA) is 149 Å².